The van der Waals surface area contributed by atoms with Crippen LogP contribution in [-0.2, 0) is 23.7 Å². The minimum Gasteiger partial charge on any atom is -0.460 e. The van der Waals surface area contributed by atoms with Gasteiger partial charge in [0.25, 0.3) is 0 Å². The third-order valence-electron chi connectivity index (χ3n) is 3.38. The maximum Gasteiger partial charge on any atom is 0.519 e. The maximum absolute atomic E-state index is 11.0. The predicted molar refractivity (Wildman–Crippen MR) is 162 cm³/mol. The number of ether oxygens (including phenoxy) is 4. The Morgan fingerprint density at radius 1 is 0.700 bits per heavy atom. The van der Waals surface area contributed by atoms with Gasteiger partial charge in [0.1, 0.15) is 16.8 Å². The molecule has 0 spiro atoms. The summed E-state index contributed by atoms with van der Waals surface area (Å²) in [5.74, 6) is -0.244. The van der Waals surface area contributed by atoms with E-state index in [1.54, 1.807) is 41.5 Å². The number of esters is 1. The Labute approximate surface area is 252 Å². The zero-order valence-corrected chi connectivity index (χ0v) is 28.4. The molecule has 4 N–H and O–H groups in total. The first kappa shape index (κ1) is 48.4. The molecule has 0 saturated heterocycles. The summed E-state index contributed by atoms with van der Waals surface area (Å²) in [4.78, 5) is 35.3. The Hall–Kier alpha value is -1.37. The Balaban J connectivity index is -0.000000143. The number of nitrogens with two attached hydrogens (primary N) is 1. The third-order valence-corrected chi connectivity index (χ3v) is 3.38. The molecular weight excluding hydrogens is 567 g/mol. The van der Waals surface area contributed by atoms with Gasteiger partial charge in [0.2, 0.25) is 0 Å². The zero-order chi connectivity index (χ0) is 33.0. The van der Waals surface area contributed by atoms with E-state index in [9.17, 15) is 14.4 Å². The summed E-state index contributed by atoms with van der Waals surface area (Å²) in [7, 11) is 0. The molecule has 0 aromatic carbocycles. The lowest BCUT2D eigenvalue weighted by atomic mass is 10.2. The van der Waals surface area contributed by atoms with E-state index in [0.29, 0.717) is 19.4 Å². The largest absolute Gasteiger partial charge is 0.519 e. The summed E-state index contributed by atoms with van der Waals surface area (Å²) >= 11 is 9.53. The van der Waals surface area contributed by atoms with Gasteiger partial charge in [-0.05, 0) is 88.4 Å². The summed E-state index contributed by atoms with van der Waals surface area (Å²) in [6, 6.07) is 0. The number of halogens is 2. The lowest BCUT2D eigenvalue weighted by molar-refractivity contribution is -0.155. The molecule has 0 unspecified atom stereocenters. The van der Waals surface area contributed by atoms with E-state index in [0.717, 1.165) is 0 Å². The van der Waals surface area contributed by atoms with Crippen molar-refractivity contribution in [1.29, 1.82) is 0 Å². The number of nitrogens with zero attached hydrogens (tertiary/aromatic N) is 1. The van der Waals surface area contributed by atoms with Crippen molar-refractivity contribution in [2.45, 2.75) is 113 Å². The molecule has 0 aliphatic carbocycles. The highest BCUT2D eigenvalue weighted by molar-refractivity contribution is 6.40. The number of hydrogen-bond acceptors (Lipinski definition) is 11. The van der Waals surface area contributed by atoms with Crippen LogP contribution in [0.4, 0.5) is 9.59 Å². The fourth-order valence-electron chi connectivity index (χ4n) is 1.90. The summed E-state index contributed by atoms with van der Waals surface area (Å²) in [5.41, 5.74) is 2.98. The summed E-state index contributed by atoms with van der Waals surface area (Å²) < 4.78 is 18.8. The molecule has 0 fully saturated rings. The number of alkyl halides is 2. The van der Waals surface area contributed by atoms with Gasteiger partial charge in [-0.1, -0.05) is 20.8 Å². The Bertz CT molecular complexity index is 567. The van der Waals surface area contributed by atoms with Gasteiger partial charge < -0.3 is 39.8 Å². The second-order valence-electron chi connectivity index (χ2n) is 10.7. The average molecular weight is 626 g/mol. The number of hydrogen-bond donors (Lipinski definition) is 3. The fourth-order valence-corrected chi connectivity index (χ4v) is 1.90. The van der Waals surface area contributed by atoms with E-state index >= 15 is 0 Å². The highest BCUT2D eigenvalue weighted by Gasteiger charge is 2.24. The zero-order valence-electron chi connectivity index (χ0n) is 26.9. The van der Waals surface area contributed by atoms with Gasteiger partial charge in [0.15, 0.2) is 0 Å². The van der Waals surface area contributed by atoms with Crippen LogP contribution in [0.3, 0.4) is 0 Å². The first-order valence-corrected chi connectivity index (χ1v) is 14.3. The van der Waals surface area contributed by atoms with E-state index in [2.05, 4.69) is 30.4 Å². The number of carbonyl (C=O) groups excluding carboxylic acids is 3. The van der Waals surface area contributed by atoms with Crippen molar-refractivity contribution in [3.8, 4) is 0 Å². The minimum absolute atomic E-state index is 0.0409. The highest BCUT2D eigenvalue weighted by atomic mass is 35.5. The van der Waals surface area contributed by atoms with Crippen LogP contribution >= 0.6 is 23.2 Å². The van der Waals surface area contributed by atoms with Crippen LogP contribution in [0.5, 0.6) is 0 Å². The molecule has 40 heavy (non-hydrogen) atoms. The average Bonchev–Trinajstić information content (AvgIpc) is 2.76. The third kappa shape index (κ3) is 56.7. The highest BCUT2D eigenvalue weighted by Crippen LogP contribution is 2.11. The normalized spacial score (nSPS) is 10.6. The maximum atomic E-state index is 11.0. The lowest BCUT2D eigenvalue weighted by Gasteiger charge is -2.20. The summed E-state index contributed by atoms with van der Waals surface area (Å²) in [6.45, 7) is 26.1. The van der Waals surface area contributed by atoms with Crippen LogP contribution in [-0.4, -0.2) is 94.9 Å². The van der Waals surface area contributed by atoms with Crippen LogP contribution in [0.2, 0.25) is 0 Å². The summed E-state index contributed by atoms with van der Waals surface area (Å²) in [6.07, 6.45) is -1.34. The SMILES string of the molecule is CC(C)(C)OC(=O)CCCO.CC(C)(C)OC(=O)OC(=O)OC(C)(C)C.CCN(CC)CC.ClCCl.NCCO. The number of carbonyl (C=O) groups is 3. The summed E-state index contributed by atoms with van der Waals surface area (Å²) in [5, 5.41) is 16.4. The molecule has 0 radical (unpaired) electrons. The molecule has 0 aromatic rings. The molecule has 0 aliphatic heterocycles. The molecular formula is C27H58Cl2N2O9. The van der Waals surface area contributed by atoms with E-state index in [-0.39, 0.29) is 24.5 Å². The molecule has 0 amide bonds. The van der Waals surface area contributed by atoms with Crippen LogP contribution in [0.15, 0.2) is 0 Å². The topological polar surface area (TPSA) is 158 Å². The quantitative estimate of drug-likeness (QED) is 0.138. The number of aliphatic hydroxyl groups is 2. The molecule has 0 atom stereocenters. The molecule has 0 saturated carbocycles. The lowest BCUT2D eigenvalue weighted by Crippen LogP contribution is -2.29. The van der Waals surface area contributed by atoms with Crippen LogP contribution in [0.25, 0.3) is 0 Å². The molecule has 11 nitrogen and oxygen atoms in total. The Kier molecular flexibility index (Phi) is 35.2. The fraction of sp³-hybridized carbons (Fsp3) is 0.889. The van der Waals surface area contributed by atoms with Crippen molar-refractivity contribution in [1.82, 2.24) is 4.90 Å². The smallest absolute Gasteiger partial charge is 0.460 e. The van der Waals surface area contributed by atoms with Gasteiger partial charge in [-0.15, -0.1) is 23.2 Å². The van der Waals surface area contributed by atoms with E-state index in [1.807, 2.05) is 20.8 Å². The van der Waals surface area contributed by atoms with Gasteiger partial charge >= 0.3 is 18.3 Å². The van der Waals surface area contributed by atoms with Gasteiger partial charge in [-0.3, -0.25) is 4.79 Å². The van der Waals surface area contributed by atoms with Gasteiger partial charge in [-0.2, -0.15) is 0 Å². The molecule has 0 aliphatic rings. The molecule has 0 rings (SSSR count). The number of aliphatic hydroxyl groups excluding tert-OH is 2. The molecule has 0 aromatic heterocycles. The second-order valence-corrected chi connectivity index (χ2v) is 11.5. The van der Waals surface area contributed by atoms with Crippen molar-refractivity contribution in [3.05, 3.63) is 0 Å². The van der Waals surface area contributed by atoms with Crippen molar-refractivity contribution < 1.29 is 43.5 Å². The van der Waals surface area contributed by atoms with E-state index < -0.39 is 29.1 Å². The molecule has 13 heteroatoms. The van der Waals surface area contributed by atoms with Crippen molar-refractivity contribution in [2.24, 2.45) is 5.73 Å². The van der Waals surface area contributed by atoms with Crippen molar-refractivity contribution in [3.63, 3.8) is 0 Å². The first-order valence-electron chi connectivity index (χ1n) is 13.2. The van der Waals surface area contributed by atoms with E-state index in [4.69, 9.17) is 53.4 Å². The van der Waals surface area contributed by atoms with Gasteiger partial charge in [0, 0.05) is 19.6 Å². The van der Waals surface area contributed by atoms with Crippen LogP contribution in [0, 0.1) is 0 Å². The Morgan fingerprint density at radius 2 is 1.00 bits per heavy atom. The molecule has 244 valence electrons. The molecule has 0 heterocycles. The second kappa shape index (κ2) is 29.1. The van der Waals surface area contributed by atoms with Crippen molar-refractivity contribution in [2.75, 3.05) is 44.7 Å². The van der Waals surface area contributed by atoms with E-state index in [1.165, 1.54) is 19.6 Å². The van der Waals surface area contributed by atoms with Gasteiger partial charge in [-0.25, -0.2) is 9.59 Å². The standard InChI is InChI=1S/C10H18O5.C8H16O3.C6H15N.C2H7NO.CH2Cl2/c1-9(2,3)14-7(11)13-8(12)15-10(4,5)6;1-8(2,3)11-7(10)5-4-6-9;1-4-7(5-2)6-3;3-1-2-4;2-1-3/h1-6H3;9H,4-6H2,1-3H3;4-6H2,1-3H3;4H,1-3H2;1H2. The van der Waals surface area contributed by atoms with Crippen LogP contribution < -0.4 is 5.73 Å². The minimum atomic E-state index is -1.06. The van der Waals surface area contributed by atoms with Crippen molar-refractivity contribution >= 4 is 41.5 Å². The molecule has 0 bridgehead atoms. The predicted octanol–water partition coefficient (Wildman–Crippen LogP) is 5.68. The van der Waals surface area contributed by atoms with Crippen LogP contribution in [0.1, 0.15) is 95.9 Å². The van der Waals surface area contributed by atoms with Gasteiger partial charge in [0.05, 0.1) is 11.9 Å². The first-order chi connectivity index (χ1) is 18.1. The monoisotopic (exact) mass is 624 g/mol. The number of rotatable bonds is 7. The Morgan fingerprint density at radius 3 is 1.18 bits per heavy atom.